The topological polar surface area (TPSA) is 37.3 Å². The van der Waals surface area contributed by atoms with Gasteiger partial charge in [-0.1, -0.05) is 0 Å². The van der Waals surface area contributed by atoms with Crippen LogP contribution >= 0.6 is 23.2 Å². The first-order valence-corrected chi connectivity index (χ1v) is 4.48. The summed E-state index contributed by atoms with van der Waals surface area (Å²) >= 11 is 11.7. The van der Waals surface area contributed by atoms with Gasteiger partial charge in [-0.2, -0.15) is 0 Å². The summed E-state index contributed by atoms with van der Waals surface area (Å²) in [5.41, 5.74) is 0. The van der Waals surface area contributed by atoms with Crippen LogP contribution in [0.25, 0.3) is 0 Å². The average Bonchev–Trinajstić information content (AvgIpc) is 2.18. The lowest BCUT2D eigenvalue weighted by Gasteiger charge is -2.11. The Morgan fingerprint density at radius 2 is 2.09 bits per heavy atom. The molecule has 0 amide bonds. The number of alkyl halides is 2. The van der Waals surface area contributed by atoms with Gasteiger partial charge in [0.25, 0.3) is 0 Å². The third kappa shape index (κ3) is 2.24. The molecule has 1 saturated carbocycles. The fraction of sp³-hybridized carbons (Fsp3) is 0.857. The number of hydrogen-bond acceptors (Lipinski definition) is 1. The second-order valence-electron chi connectivity index (χ2n) is 2.90. The molecule has 0 heterocycles. The van der Waals surface area contributed by atoms with Crippen LogP contribution in [0.3, 0.4) is 0 Å². The maximum atomic E-state index is 10.3. The Bertz CT molecular complexity index is 161. The van der Waals surface area contributed by atoms with Crippen molar-refractivity contribution in [2.75, 3.05) is 0 Å². The quantitative estimate of drug-likeness (QED) is 0.688. The summed E-state index contributed by atoms with van der Waals surface area (Å²) in [6.45, 7) is 0. The molecule has 1 N–H and O–H groups in total. The zero-order valence-corrected chi connectivity index (χ0v) is 7.48. The van der Waals surface area contributed by atoms with Crippen molar-refractivity contribution in [1.82, 2.24) is 0 Å². The van der Waals surface area contributed by atoms with Crippen molar-refractivity contribution in [3.8, 4) is 0 Å². The zero-order valence-electron chi connectivity index (χ0n) is 5.96. The summed E-state index contributed by atoms with van der Waals surface area (Å²) in [5, 5.41) is 8.28. The van der Waals surface area contributed by atoms with Crippen molar-refractivity contribution in [1.29, 1.82) is 0 Å². The highest BCUT2D eigenvalue weighted by molar-refractivity contribution is 6.30. The van der Waals surface area contributed by atoms with Gasteiger partial charge in [0, 0.05) is 6.42 Å². The molecule has 0 aromatic carbocycles. The Kier molecular flexibility index (Phi) is 3.02. The Morgan fingerprint density at radius 3 is 2.45 bits per heavy atom. The lowest BCUT2D eigenvalue weighted by atomic mass is 10.0. The lowest BCUT2D eigenvalue weighted by Crippen LogP contribution is -2.17. The molecule has 1 aliphatic rings. The molecule has 0 aromatic rings. The summed E-state index contributed by atoms with van der Waals surface area (Å²) in [7, 11) is 0. The van der Waals surface area contributed by atoms with Crippen molar-refractivity contribution in [3.05, 3.63) is 0 Å². The van der Waals surface area contributed by atoms with Gasteiger partial charge in [0.15, 0.2) is 0 Å². The van der Waals surface area contributed by atoms with Crippen LogP contribution in [0.1, 0.15) is 19.3 Å². The molecule has 1 fully saturated rings. The molecule has 0 saturated heterocycles. The van der Waals surface area contributed by atoms with E-state index in [9.17, 15) is 4.79 Å². The molecule has 0 unspecified atom stereocenters. The van der Waals surface area contributed by atoms with Crippen LogP contribution in [0.4, 0.5) is 0 Å². The van der Waals surface area contributed by atoms with E-state index in [-0.39, 0.29) is 23.1 Å². The first kappa shape index (κ1) is 9.14. The summed E-state index contributed by atoms with van der Waals surface area (Å²) in [5.74, 6) is -0.719. The number of carboxylic acids is 1. The summed E-state index contributed by atoms with van der Waals surface area (Å²) < 4.78 is 0. The van der Waals surface area contributed by atoms with E-state index in [0.29, 0.717) is 0 Å². The van der Waals surface area contributed by atoms with Crippen LogP contribution < -0.4 is 0 Å². The predicted molar refractivity (Wildman–Crippen MR) is 44.3 cm³/mol. The first-order valence-electron chi connectivity index (χ1n) is 3.61. The number of halogens is 2. The molecular weight excluding hydrogens is 187 g/mol. The van der Waals surface area contributed by atoms with E-state index < -0.39 is 5.97 Å². The molecule has 1 aliphatic carbocycles. The van der Waals surface area contributed by atoms with Crippen LogP contribution in [-0.2, 0) is 4.79 Å². The van der Waals surface area contributed by atoms with E-state index in [1.807, 2.05) is 0 Å². The number of rotatable bonds is 2. The molecule has 0 radical (unpaired) electrons. The monoisotopic (exact) mass is 196 g/mol. The van der Waals surface area contributed by atoms with Crippen LogP contribution in [0.2, 0.25) is 0 Å². The molecular formula is C7H10Cl2O2. The Morgan fingerprint density at radius 1 is 1.45 bits per heavy atom. The Labute approximate surface area is 75.5 Å². The van der Waals surface area contributed by atoms with E-state index in [1.54, 1.807) is 0 Å². The lowest BCUT2D eigenvalue weighted by molar-refractivity contribution is -0.138. The standard InChI is InChI=1S/C7H10Cl2O2/c8-5-2-1-4(7(5)9)3-6(10)11/h4-5,7H,1-3H2,(H,10,11)/t4-,5-,7-/m0/s1. The molecule has 1 rings (SSSR count). The minimum absolute atomic E-state index is 0.0407. The fourth-order valence-electron chi connectivity index (χ4n) is 1.43. The van der Waals surface area contributed by atoms with E-state index in [2.05, 4.69) is 0 Å². The number of hydrogen-bond donors (Lipinski definition) is 1. The first-order chi connectivity index (χ1) is 5.11. The maximum Gasteiger partial charge on any atom is 0.303 e. The smallest absolute Gasteiger partial charge is 0.303 e. The Hall–Kier alpha value is 0.0500. The molecule has 0 aromatic heterocycles. The van der Waals surface area contributed by atoms with E-state index in [0.717, 1.165) is 12.8 Å². The highest BCUT2D eigenvalue weighted by Gasteiger charge is 2.34. The van der Waals surface area contributed by atoms with Gasteiger partial charge < -0.3 is 5.11 Å². The third-order valence-corrected chi connectivity index (χ3v) is 3.33. The number of carbonyl (C=O) groups is 1. The van der Waals surface area contributed by atoms with E-state index in [4.69, 9.17) is 28.3 Å². The van der Waals surface area contributed by atoms with Crippen LogP contribution in [-0.4, -0.2) is 21.8 Å². The number of aliphatic carboxylic acids is 1. The van der Waals surface area contributed by atoms with Gasteiger partial charge in [-0.15, -0.1) is 23.2 Å². The van der Waals surface area contributed by atoms with Gasteiger partial charge in [0.2, 0.25) is 0 Å². The molecule has 11 heavy (non-hydrogen) atoms. The summed E-state index contributed by atoms with van der Waals surface area (Å²) in [6, 6.07) is 0. The van der Waals surface area contributed by atoms with Gasteiger partial charge in [-0.25, -0.2) is 0 Å². The minimum atomic E-state index is -0.786. The predicted octanol–water partition coefficient (Wildman–Crippen LogP) is 2.09. The molecule has 64 valence electrons. The fourth-order valence-corrected chi connectivity index (χ4v) is 2.10. The second-order valence-corrected chi connectivity index (χ2v) is 3.96. The zero-order chi connectivity index (χ0) is 8.43. The van der Waals surface area contributed by atoms with Crippen molar-refractivity contribution < 1.29 is 9.90 Å². The van der Waals surface area contributed by atoms with Gasteiger partial charge >= 0.3 is 5.97 Å². The average molecular weight is 197 g/mol. The van der Waals surface area contributed by atoms with Crippen molar-refractivity contribution in [2.24, 2.45) is 5.92 Å². The largest absolute Gasteiger partial charge is 0.481 e. The van der Waals surface area contributed by atoms with E-state index >= 15 is 0 Å². The van der Waals surface area contributed by atoms with Gasteiger partial charge in [-0.05, 0) is 18.8 Å². The molecule has 2 nitrogen and oxygen atoms in total. The van der Waals surface area contributed by atoms with Crippen molar-refractivity contribution >= 4 is 29.2 Å². The normalized spacial score (nSPS) is 37.5. The minimum Gasteiger partial charge on any atom is -0.481 e. The van der Waals surface area contributed by atoms with Crippen molar-refractivity contribution in [3.63, 3.8) is 0 Å². The highest BCUT2D eigenvalue weighted by Crippen LogP contribution is 2.35. The van der Waals surface area contributed by atoms with Crippen LogP contribution in [0, 0.1) is 5.92 Å². The third-order valence-electron chi connectivity index (χ3n) is 2.05. The molecule has 0 bridgehead atoms. The van der Waals surface area contributed by atoms with Gasteiger partial charge in [0.1, 0.15) is 0 Å². The molecule has 0 spiro atoms. The summed E-state index contributed by atoms with van der Waals surface area (Å²) in [6.07, 6.45) is 1.83. The van der Waals surface area contributed by atoms with E-state index in [1.165, 1.54) is 0 Å². The maximum absolute atomic E-state index is 10.3. The van der Waals surface area contributed by atoms with Gasteiger partial charge in [0.05, 0.1) is 10.8 Å². The second kappa shape index (κ2) is 3.63. The molecule has 3 atom stereocenters. The summed E-state index contributed by atoms with van der Waals surface area (Å²) in [4.78, 5) is 10.3. The SMILES string of the molecule is O=C(O)C[C@@H]1CC[C@H](Cl)[C@H]1Cl. The Balaban J connectivity index is 2.42. The number of carboxylic acid groups (broad SMARTS) is 1. The molecule has 0 aliphatic heterocycles. The van der Waals surface area contributed by atoms with Crippen LogP contribution in [0.5, 0.6) is 0 Å². The van der Waals surface area contributed by atoms with Gasteiger partial charge in [-0.3, -0.25) is 4.79 Å². The highest BCUT2D eigenvalue weighted by atomic mass is 35.5. The van der Waals surface area contributed by atoms with Crippen LogP contribution in [0.15, 0.2) is 0 Å². The molecule has 4 heteroatoms. The van der Waals surface area contributed by atoms with Crippen molar-refractivity contribution in [2.45, 2.75) is 30.0 Å².